The van der Waals surface area contributed by atoms with E-state index in [4.69, 9.17) is 14.2 Å². The molecule has 0 aliphatic carbocycles. The highest BCUT2D eigenvalue weighted by Gasteiger charge is 2.40. The second-order valence-corrected chi connectivity index (χ2v) is 8.87. The van der Waals surface area contributed by atoms with E-state index in [2.05, 4.69) is 10.6 Å². The first-order valence-corrected chi connectivity index (χ1v) is 12.0. The minimum absolute atomic E-state index is 0.111. The predicted octanol–water partition coefficient (Wildman–Crippen LogP) is 2.54. The summed E-state index contributed by atoms with van der Waals surface area (Å²) in [5.41, 5.74) is 1.59. The van der Waals surface area contributed by atoms with Gasteiger partial charge in [0.25, 0.3) is 0 Å². The monoisotopic (exact) mass is 483 g/mol. The molecule has 0 spiro atoms. The number of aliphatic hydroxyl groups is 1. The van der Waals surface area contributed by atoms with Gasteiger partial charge in [0.15, 0.2) is 0 Å². The van der Waals surface area contributed by atoms with Crippen LogP contribution in [0.4, 0.5) is 10.5 Å². The third-order valence-corrected chi connectivity index (χ3v) is 6.35. The van der Waals surface area contributed by atoms with Gasteiger partial charge in [-0.3, -0.25) is 4.79 Å². The number of amides is 3. The van der Waals surface area contributed by atoms with Crippen LogP contribution < -0.4 is 15.4 Å². The van der Waals surface area contributed by atoms with Gasteiger partial charge >= 0.3 is 6.03 Å². The average Bonchev–Trinajstić information content (AvgIpc) is 2.86. The molecule has 0 saturated carbocycles. The van der Waals surface area contributed by atoms with Crippen molar-refractivity contribution in [3.8, 4) is 5.75 Å². The van der Waals surface area contributed by atoms with Crippen molar-refractivity contribution in [2.45, 2.75) is 50.2 Å². The fourth-order valence-corrected chi connectivity index (χ4v) is 4.61. The highest BCUT2D eigenvalue weighted by atomic mass is 16.5. The molecule has 2 aromatic rings. The van der Waals surface area contributed by atoms with E-state index in [0.717, 1.165) is 11.3 Å². The van der Waals surface area contributed by atoms with E-state index >= 15 is 0 Å². The number of carbonyl (C=O) groups excluding carboxylic acids is 2. The van der Waals surface area contributed by atoms with E-state index < -0.39 is 6.10 Å². The number of ether oxygens (including phenoxy) is 3. The topological polar surface area (TPSA) is 109 Å². The van der Waals surface area contributed by atoms with Crippen LogP contribution in [-0.4, -0.2) is 73.2 Å². The number of hydrogen-bond acceptors (Lipinski definition) is 6. The van der Waals surface area contributed by atoms with Crippen molar-refractivity contribution in [1.82, 2.24) is 10.2 Å². The van der Waals surface area contributed by atoms with Gasteiger partial charge in [-0.2, -0.15) is 0 Å². The summed E-state index contributed by atoms with van der Waals surface area (Å²) >= 11 is 0. The highest BCUT2D eigenvalue weighted by molar-refractivity contribution is 5.89. The number of nitrogens with zero attached hydrogens (tertiary/aromatic N) is 1. The lowest BCUT2D eigenvalue weighted by Crippen LogP contribution is -2.58. The van der Waals surface area contributed by atoms with Crippen LogP contribution in [-0.2, 0) is 20.8 Å². The van der Waals surface area contributed by atoms with Crippen molar-refractivity contribution < 1.29 is 28.9 Å². The molecule has 2 heterocycles. The van der Waals surface area contributed by atoms with Gasteiger partial charge in [-0.25, -0.2) is 4.79 Å². The van der Waals surface area contributed by atoms with Crippen LogP contribution >= 0.6 is 0 Å². The Hall–Kier alpha value is -3.14. The first-order chi connectivity index (χ1) is 17.0. The maximum Gasteiger partial charge on any atom is 0.322 e. The normalized spacial score (nSPS) is 24.5. The zero-order valence-electron chi connectivity index (χ0n) is 19.9. The van der Waals surface area contributed by atoms with E-state index in [0.29, 0.717) is 25.1 Å². The standard InChI is InChI=1S/C26H33N3O6/c1-33-23-10-6-5-7-18(23)14-27-25(31)13-21-11-12-22-24(35-21)17-34-16-20(30)15-29(22)26(32)28-19-8-3-2-4-9-19/h2-10,20-22,24,30H,11-17H2,1H3,(H,27,31)(H,28,32)/t20-,21-,22+,24-/m1/s1. The molecule has 3 amide bonds. The summed E-state index contributed by atoms with van der Waals surface area (Å²) in [5.74, 6) is 0.618. The molecule has 4 atom stereocenters. The molecule has 9 nitrogen and oxygen atoms in total. The molecule has 4 rings (SSSR count). The Morgan fingerprint density at radius 2 is 1.86 bits per heavy atom. The van der Waals surface area contributed by atoms with Gasteiger partial charge in [0.05, 0.1) is 51.5 Å². The van der Waals surface area contributed by atoms with Gasteiger partial charge in [-0.1, -0.05) is 36.4 Å². The number of urea groups is 1. The summed E-state index contributed by atoms with van der Waals surface area (Å²) in [5, 5.41) is 16.1. The van der Waals surface area contributed by atoms with Crippen molar-refractivity contribution in [3.63, 3.8) is 0 Å². The first kappa shape index (κ1) is 25.0. The molecule has 188 valence electrons. The van der Waals surface area contributed by atoms with Crippen molar-refractivity contribution in [1.29, 1.82) is 0 Å². The van der Waals surface area contributed by atoms with Crippen molar-refractivity contribution in [3.05, 3.63) is 60.2 Å². The predicted molar refractivity (Wildman–Crippen MR) is 130 cm³/mol. The number of aliphatic hydroxyl groups excluding tert-OH is 1. The number of β-amino-alcohol motifs (C(OH)–C–C–N with tert-alkyl or cyclic N) is 1. The number of methoxy groups -OCH3 is 1. The van der Waals surface area contributed by atoms with Crippen molar-refractivity contribution >= 4 is 17.6 Å². The van der Waals surface area contributed by atoms with Crippen LogP contribution in [0.1, 0.15) is 24.8 Å². The van der Waals surface area contributed by atoms with Gasteiger partial charge in [-0.05, 0) is 31.0 Å². The number of para-hydroxylation sites is 2. The fraction of sp³-hybridized carbons (Fsp3) is 0.462. The van der Waals surface area contributed by atoms with Gasteiger partial charge in [0.1, 0.15) is 11.9 Å². The first-order valence-electron chi connectivity index (χ1n) is 12.0. The molecule has 35 heavy (non-hydrogen) atoms. The smallest absolute Gasteiger partial charge is 0.322 e. The Morgan fingerprint density at radius 1 is 1.09 bits per heavy atom. The lowest BCUT2D eigenvalue weighted by Gasteiger charge is -2.44. The molecule has 0 radical (unpaired) electrons. The van der Waals surface area contributed by atoms with E-state index in [9.17, 15) is 14.7 Å². The zero-order valence-corrected chi connectivity index (χ0v) is 19.9. The number of fused-ring (bicyclic) bond motifs is 1. The molecule has 0 unspecified atom stereocenters. The van der Waals surface area contributed by atoms with Crippen molar-refractivity contribution in [2.24, 2.45) is 0 Å². The summed E-state index contributed by atoms with van der Waals surface area (Å²) in [6, 6.07) is 16.2. The largest absolute Gasteiger partial charge is 0.496 e. The summed E-state index contributed by atoms with van der Waals surface area (Å²) in [6.07, 6.45) is 0.0423. The number of anilines is 1. The maximum atomic E-state index is 13.1. The molecule has 2 fully saturated rings. The third kappa shape index (κ3) is 6.72. The molecule has 2 aliphatic heterocycles. The van der Waals surface area contributed by atoms with Gasteiger partial charge < -0.3 is 34.9 Å². The summed E-state index contributed by atoms with van der Waals surface area (Å²) in [6.45, 7) is 0.880. The molecule has 2 aliphatic rings. The van der Waals surface area contributed by atoms with E-state index in [1.807, 2.05) is 54.6 Å². The van der Waals surface area contributed by atoms with Gasteiger partial charge in [-0.15, -0.1) is 0 Å². The number of hydrogen-bond donors (Lipinski definition) is 3. The lowest BCUT2D eigenvalue weighted by molar-refractivity contribution is -0.149. The van der Waals surface area contributed by atoms with E-state index in [1.165, 1.54) is 0 Å². The molecule has 2 aromatic carbocycles. The minimum atomic E-state index is -0.782. The quantitative estimate of drug-likeness (QED) is 0.583. The lowest BCUT2D eigenvalue weighted by atomic mass is 9.95. The van der Waals surface area contributed by atoms with Gasteiger partial charge in [0, 0.05) is 17.8 Å². The van der Waals surface area contributed by atoms with E-state index in [-0.39, 0.29) is 56.4 Å². The second-order valence-electron chi connectivity index (χ2n) is 8.87. The van der Waals surface area contributed by atoms with Gasteiger partial charge in [0.2, 0.25) is 5.91 Å². The molecular weight excluding hydrogens is 450 g/mol. The Balaban J connectivity index is 1.35. The Labute approximate surface area is 205 Å². The molecule has 0 bridgehead atoms. The van der Waals surface area contributed by atoms with E-state index in [1.54, 1.807) is 12.0 Å². The Bertz CT molecular complexity index is 988. The van der Waals surface area contributed by atoms with Crippen molar-refractivity contribution in [2.75, 3.05) is 32.2 Å². The second kappa shape index (κ2) is 12.0. The maximum absolute atomic E-state index is 13.1. The number of rotatable bonds is 6. The number of benzene rings is 2. The number of nitrogens with one attached hydrogen (secondary N) is 2. The Kier molecular flexibility index (Phi) is 8.57. The molecule has 2 saturated heterocycles. The molecule has 0 aromatic heterocycles. The van der Waals surface area contributed by atoms with Crippen LogP contribution in [0.15, 0.2) is 54.6 Å². The summed E-state index contributed by atoms with van der Waals surface area (Å²) in [4.78, 5) is 27.4. The van der Waals surface area contributed by atoms with Crippen LogP contribution in [0.5, 0.6) is 5.75 Å². The molecule has 3 N–H and O–H groups in total. The third-order valence-electron chi connectivity index (χ3n) is 6.35. The number of carbonyl (C=O) groups is 2. The van der Waals surface area contributed by atoms with Crippen LogP contribution in [0, 0.1) is 0 Å². The highest BCUT2D eigenvalue weighted by Crippen LogP contribution is 2.28. The summed E-state index contributed by atoms with van der Waals surface area (Å²) in [7, 11) is 1.60. The average molecular weight is 484 g/mol. The summed E-state index contributed by atoms with van der Waals surface area (Å²) < 4.78 is 17.2. The zero-order chi connectivity index (χ0) is 24.6. The Morgan fingerprint density at radius 3 is 2.66 bits per heavy atom. The fourth-order valence-electron chi connectivity index (χ4n) is 4.61. The van der Waals surface area contributed by atoms with Crippen LogP contribution in [0.25, 0.3) is 0 Å². The van der Waals surface area contributed by atoms with Crippen LogP contribution in [0.2, 0.25) is 0 Å². The molecule has 9 heteroatoms. The SMILES string of the molecule is COc1ccccc1CNC(=O)C[C@H]1CC[C@H]2[C@@H](COC[C@H](O)CN2C(=O)Nc2ccccc2)O1. The molecular formula is C26H33N3O6. The minimum Gasteiger partial charge on any atom is -0.496 e. The van der Waals surface area contributed by atoms with Crippen LogP contribution in [0.3, 0.4) is 0 Å².